The molecule has 3 aliphatic carbocycles. The third kappa shape index (κ3) is 3.45. The van der Waals surface area contributed by atoms with Gasteiger partial charge in [-0.1, -0.05) is 19.9 Å². The van der Waals surface area contributed by atoms with Gasteiger partial charge in [0, 0.05) is 60.0 Å². The SMILES string of the molecule is CC=C(C)C(=O)OC1CC(OC(C)=O)C23COC(OC)(C(=O)OC)C2C2(C)C(OC4(C)C5CC(OC6OC=CC65O)C42O)C2OCC1(C)C23. The van der Waals surface area contributed by atoms with E-state index in [9.17, 15) is 24.6 Å². The predicted molar refractivity (Wildman–Crippen MR) is 163 cm³/mol. The number of methoxy groups -OCH3 is 2. The van der Waals surface area contributed by atoms with E-state index < -0.39 is 111 Å². The van der Waals surface area contributed by atoms with E-state index in [1.807, 2.05) is 13.8 Å². The number of carbonyl (C=O) groups excluding carboxylic acids is 3. The second-order valence-corrected chi connectivity index (χ2v) is 15.9. The lowest BCUT2D eigenvalue weighted by Gasteiger charge is -2.66. The monoisotopic (exact) mass is 690 g/mol. The van der Waals surface area contributed by atoms with Gasteiger partial charge in [0.15, 0.2) is 5.60 Å². The molecule has 0 aromatic heterocycles. The first-order valence-electron chi connectivity index (χ1n) is 17.0. The topological polar surface area (TPSA) is 175 Å². The van der Waals surface area contributed by atoms with Crippen molar-refractivity contribution in [3.8, 4) is 0 Å². The molecule has 0 aromatic rings. The molecule has 270 valence electrons. The first-order valence-corrected chi connectivity index (χ1v) is 17.0. The van der Waals surface area contributed by atoms with E-state index in [1.165, 1.54) is 33.5 Å². The largest absolute Gasteiger partial charge is 0.469 e. The molecule has 4 saturated heterocycles. The predicted octanol–water partition coefficient (Wildman–Crippen LogP) is 1.30. The maximum absolute atomic E-state index is 14.1. The molecule has 8 rings (SSSR count). The molecule has 0 amide bonds. The number of esters is 3. The Morgan fingerprint density at radius 1 is 1.00 bits per heavy atom. The van der Waals surface area contributed by atoms with Crippen LogP contribution in [0.25, 0.3) is 0 Å². The zero-order chi connectivity index (χ0) is 35.3. The Morgan fingerprint density at radius 2 is 1.73 bits per heavy atom. The summed E-state index contributed by atoms with van der Waals surface area (Å²) in [6, 6.07) is 0. The van der Waals surface area contributed by atoms with Crippen molar-refractivity contribution in [1.29, 1.82) is 0 Å². The van der Waals surface area contributed by atoms with Gasteiger partial charge < -0.3 is 52.8 Å². The van der Waals surface area contributed by atoms with Gasteiger partial charge in [-0.25, -0.2) is 9.59 Å². The van der Waals surface area contributed by atoms with E-state index in [2.05, 4.69) is 0 Å². The van der Waals surface area contributed by atoms with Crippen LogP contribution in [0, 0.1) is 34.0 Å². The summed E-state index contributed by atoms with van der Waals surface area (Å²) in [5.74, 6) is -6.44. The van der Waals surface area contributed by atoms with Crippen LogP contribution in [0.15, 0.2) is 24.0 Å². The smallest absolute Gasteiger partial charge is 0.366 e. The van der Waals surface area contributed by atoms with Gasteiger partial charge in [-0.15, -0.1) is 0 Å². The summed E-state index contributed by atoms with van der Waals surface area (Å²) in [6.45, 7) is 10.2. The Balaban J connectivity index is 1.38. The first-order chi connectivity index (χ1) is 23.0. The molecule has 5 aliphatic heterocycles. The van der Waals surface area contributed by atoms with Crippen molar-refractivity contribution in [3.63, 3.8) is 0 Å². The summed E-state index contributed by atoms with van der Waals surface area (Å²) in [6.07, 6.45) is -0.609. The Bertz CT molecular complexity index is 1560. The fraction of sp³-hybridized carbons (Fsp3) is 0.800. The molecule has 1 spiro atoms. The Morgan fingerprint density at radius 3 is 2.39 bits per heavy atom. The lowest BCUT2D eigenvalue weighted by molar-refractivity contribution is -0.318. The van der Waals surface area contributed by atoms with Crippen LogP contribution in [0.4, 0.5) is 0 Å². The van der Waals surface area contributed by atoms with Crippen LogP contribution in [0.5, 0.6) is 0 Å². The van der Waals surface area contributed by atoms with Gasteiger partial charge in [0.1, 0.15) is 23.4 Å². The average Bonchev–Trinajstić information content (AvgIpc) is 3.82. The highest BCUT2D eigenvalue weighted by Gasteiger charge is 2.94. The van der Waals surface area contributed by atoms with Crippen LogP contribution >= 0.6 is 0 Å². The molecular weight excluding hydrogens is 644 g/mol. The van der Waals surface area contributed by atoms with Crippen molar-refractivity contribution in [1.82, 2.24) is 0 Å². The van der Waals surface area contributed by atoms with Crippen LogP contribution < -0.4 is 0 Å². The number of hydrogen-bond acceptors (Lipinski definition) is 14. The molecule has 49 heavy (non-hydrogen) atoms. The van der Waals surface area contributed by atoms with Gasteiger partial charge in [-0.05, 0) is 33.3 Å². The zero-order valence-corrected chi connectivity index (χ0v) is 29.1. The maximum Gasteiger partial charge on any atom is 0.366 e. The fourth-order valence-corrected chi connectivity index (χ4v) is 12.3. The second kappa shape index (κ2) is 10.0. The molecule has 16 atom stereocenters. The third-order valence-electron chi connectivity index (χ3n) is 14.3. The molecule has 0 aromatic carbocycles. The Hall–Kier alpha value is -2.59. The molecule has 5 heterocycles. The Labute approximate surface area is 284 Å². The van der Waals surface area contributed by atoms with Gasteiger partial charge in [-0.2, -0.15) is 0 Å². The van der Waals surface area contributed by atoms with Gasteiger partial charge >= 0.3 is 17.9 Å². The highest BCUT2D eigenvalue weighted by Crippen LogP contribution is 2.81. The summed E-state index contributed by atoms with van der Waals surface area (Å²) in [4.78, 5) is 40.4. The average molecular weight is 691 g/mol. The lowest BCUT2D eigenvalue weighted by atomic mass is 9.37. The van der Waals surface area contributed by atoms with Crippen molar-refractivity contribution in [2.75, 3.05) is 27.4 Å². The number of allylic oxidation sites excluding steroid dienone is 1. The van der Waals surface area contributed by atoms with Gasteiger partial charge in [-0.3, -0.25) is 4.79 Å². The normalized spacial score (nSPS) is 55.8. The quantitative estimate of drug-likeness (QED) is 0.240. The number of hydrogen-bond donors (Lipinski definition) is 2. The minimum atomic E-state index is -2.11. The van der Waals surface area contributed by atoms with E-state index in [4.69, 9.17) is 42.6 Å². The molecule has 14 heteroatoms. The van der Waals surface area contributed by atoms with Gasteiger partial charge in [0.25, 0.3) is 5.79 Å². The molecular formula is C35H46O14. The van der Waals surface area contributed by atoms with Crippen molar-refractivity contribution in [2.45, 2.75) is 114 Å². The summed E-state index contributed by atoms with van der Waals surface area (Å²) in [5, 5.41) is 25.6. The Kier molecular flexibility index (Phi) is 6.88. The van der Waals surface area contributed by atoms with E-state index in [-0.39, 0.29) is 26.1 Å². The van der Waals surface area contributed by atoms with E-state index in [0.717, 1.165) is 0 Å². The third-order valence-corrected chi connectivity index (χ3v) is 14.3. The van der Waals surface area contributed by atoms with Crippen LogP contribution in [0.1, 0.15) is 54.4 Å². The highest BCUT2D eigenvalue weighted by molar-refractivity contribution is 5.87. The number of ether oxygens (including phenoxy) is 9. The molecule has 14 nitrogen and oxygen atoms in total. The van der Waals surface area contributed by atoms with Crippen LogP contribution in [0.2, 0.25) is 0 Å². The molecule has 8 aliphatic rings. The minimum absolute atomic E-state index is 0.0620. The number of aliphatic hydroxyl groups is 2. The first kappa shape index (κ1) is 33.5. The van der Waals surface area contributed by atoms with Crippen LogP contribution in [0.3, 0.4) is 0 Å². The van der Waals surface area contributed by atoms with Gasteiger partial charge in [0.05, 0.1) is 44.9 Å². The fourth-order valence-electron chi connectivity index (χ4n) is 12.3. The van der Waals surface area contributed by atoms with Crippen molar-refractivity contribution in [2.24, 2.45) is 34.0 Å². The molecule has 2 N–H and O–H groups in total. The molecule has 0 radical (unpaired) electrons. The summed E-state index contributed by atoms with van der Waals surface area (Å²) in [5.41, 5.74) is -8.23. The number of carbonyl (C=O) groups is 3. The number of rotatable bonds is 5. The van der Waals surface area contributed by atoms with Crippen molar-refractivity contribution >= 4 is 17.9 Å². The van der Waals surface area contributed by atoms with Crippen LogP contribution in [-0.2, 0) is 57.0 Å². The van der Waals surface area contributed by atoms with Gasteiger partial charge in [0.2, 0.25) is 6.29 Å². The van der Waals surface area contributed by atoms with Crippen LogP contribution in [-0.4, -0.2) is 115 Å². The maximum atomic E-state index is 14.1. The molecule has 16 unspecified atom stereocenters. The molecule has 3 saturated carbocycles. The van der Waals surface area contributed by atoms with E-state index in [0.29, 0.717) is 5.57 Å². The lowest BCUT2D eigenvalue weighted by Crippen LogP contribution is -2.78. The van der Waals surface area contributed by atoms with E-state index >= 15 is 0 Å². The van der Waals surface area contributed by atoms with E-state index in [1.54, 1.807) is 26.8 Å². The standard InChI is InChI=1S/C35H46O14/c1-9-16(2)25(37)47-19-13-20(46-17(3)36)32-15-45-34(42-8,27(38)41-7)26(32)30(5)24(22-23(32)29(19,4)14-44-22)49-31(6)18-12-21(35(30,31)40)48-28-33(18,39)10-11-43-28/h9-11,18-24,26,28,39-40H,12-15H2,1-8H3. The summed E-state index contributed by atoms with van der Waals surface area (Å²) >= 11 is 0. The van der Waals surface area contributed by atoms with Crippen molar-refractivity contribution in [3.05, 3.63) is 24.0 Å². The summed E-state index contributed by atoms with van der Waals surface area (Å²) in [7, 11) is 2.57. The highest BCUT2D eigenvalue weighted by atomic mass is 16.7. The zero-order valence-electron chi connectivity index (χ0n) is 29.1. The summed E-state index contributed by atoms with van der Waals surface area (Å²) < 4.78 is 56.4. The second-order valence-electron chi connectivity index (χ2n) is 15.9. The number of fused-ring (bicyclic) bond motifs is 11. The van der Waals surface area contributed by atoms with Crippen molar-refractivity contribution < 1.29 is 67.2 Å². The minimum Gasteiger partial charge on any atom is -0.469 e. The molecule has 2 bridgehead atoms. The molecule has 7 fully saturated rings.